The lowest BCUT2D eigenvalue weighted by molar-refractivity contribution is -0.0793. The van der Waals surface area contributed by atoms with Crippen molar-refractivity contribution in [2.75, 3.05) is 5.32 Å². The maximum absolute atomic E-state index is 13.9. The molecule has 0 fully saturated rings. The van der Waals surface area contributed by atoms with Gasteiger partial charge in [-0.05, 0) is 62.6 Å². The summed E-state index contributed by atoms with van der Waals surface area (Å²) in [5.74, 6) is -1.96. The second-order valence-corrected chi connectivity index (χ2v) is 7.36. The zero-order valence-electron chi connectivity index (χ0n) is 16.2. The second-order valence-electron chi connectivity index (χ2n) is 7.36. The van der Waals surface area contributed by atoms with Crippen molar-refractivity contribution in [3.63, 3.8) is 0 Å². The van der Waals surface area contributed by atoms with Gasteiger partial charge in [-0.3, -0.25) is 9.72 Å². The molecule has 1 amide bonds. The summed E-state index contributed by atoms with van der Waals surface area (Å²) >= 11 is 0. The van der Waals surface area contributed by atoms with Crippen molar-refractivity contribution in [3.05, 3.63) is 53.6 Å². The minimum absolute atomic E-state index is 0.227. The first-order chi connectivity index (χ1) is 13.6. The van der Waals surface area contributed by atoms with Crippen molar-refractivity contribution in [3.8, 4) is 11.1 Å². The smallest absolute Gasteiger partial charge is 0.413 e. The van der Waals surface area contributed by atoms with Gasteiger partial charge in [-0.1, -0.05) is 12.1 Å². The molecule has 0 bridgehead atoms. The number of carbonyl (C=O) groups excluding carboxylic acids is 2. The average molecular weight is 403 g/mol. The maximum Gasteiger partial charge on any atom is 0.413 e. The molecule has 0 aliphatic heterocycles. The largest absolute Gasteiger partial charge is 0.444 e. The molecule has 0 saturated heterocycles. The molecule has 0 unspecified atom stereocenters. The Kier molecular flexibility index (Phi) is 5.23. The fraction of sp³-hybridized carbons (Fsp3) is 0.250. The number of imidazole rings is 1. The highest BCUT2D eigenvalue weighted by Crippen LogP contribution is 2.28. The van der Waals surface area contributed by atoms with Crippen LogP contribution in [0.4, 0.5) is 19.5 Å². The van der Waals surface area contributed by atoms with Crippen molar-refractivity contribution in [2.24, 2.45) is 0 Å². The van der Waals surface area contributed by atoms with Gasteiger partial charge in [-0.2, -0.15) is 0 Å². The lowest BCUT2D eigenvalue weighted by Crippen LogP contribution is -2.28. The molecule has 0 aliphatic rings. The van der Waals surface area contributed by atoms with Crippen molar-refractivity contribution >= 4 is 23.5 Å². The Labute approximate surface area is 165 Å². The van der Waals surface area contributed by atoms with Crippen LogP contribution in [0.2, 0.25) is 0 Å². The van der Waals surface area contributed by atoms with Gasteiger partial charge < -0.3 is 4.74 Å². The van der Waals surface area contributed by atoms with Crippen molar-refractivity contribution in [2.45, 2.75) is 33.3 Å². The molecule has 7 nitrogen and oxygen atoms in total. The number of amides is 1. The third-order valence-corrected chi connectivity index (χ3v) is 4.08. The first kappa shape index (κ1) is 20.2. The van der Waals surface area contributed by atoms with Crippen LogP contribution in [0.3, 0.4) is 0 Å². The van der Waals surface area contributed by atoms with Crippen LogP contribution in [0.25, 0.3) is 16.8 Å². The third-order valence-electron chi connectivity index (χ3n) is 4.08. The molecule has 1 aromatic carbocycles. The molecular weight excluding hydrogens is 384 g/mol. The van der Waals surface area contributed by atoms with Crippen LogP contribution in [0.5, 0.6) is 0 Å². The van der Waals surface area contributed by atoms with Crippen LogP contribution < -0.4 is 5.32 Å². The zero-order valence-corrected chi connectivity index (χ0v) is 16.2. The van der Waals surface area contributed by atoms with Crippen molar-refractivity contribution < 1.29 is 28.2 Å². The van der Waals surface area contributed by atoms with E-state index in [1.807, 2.05) is 0 Å². The Morgan fingerprint density at radius 1 is 1.17 bits per heavy atom. The Balaban J connectivity index is 2.11. The molecule has 3 aromatic rings. The SMILES string of the molecule is Cc1c(F)cccc1-c1ccc2nc(NC(=O)OC(C)(C)C)c(C(=O)OF)n2c1. The molecular formula is C20H19F2N3O4. The van der Waals surface area contributed by atoms with E-state index in [1.54, 1.807) is 52.0 Å². The first-order valence-electron chi connectivity index (χ1n) is 8.71. The number of nitrogens with zero attached hydrogens (tertiary/aromatic N) is 2. The van der Waals surface area contributed by atoms with Gasteiger partial charge in [0.1, 0.15) is 17.1 Å². The molecule has 0 atom stereocenters. The topological polar surface area (TPSA) is 81.9 Å². The number of nitrogens with one attached hydrogen (secondary N) is 1. The van der Waals surface area contributed by atoms with E-state index in [0.717, 1.165) is 0 Å². The number of rotatable bonds is 3. The third kappa shape index (κ3) is 4.18. The van der Waals surface area contributed by atoms with E-state index in [2.05, 4.69) is 15.2 Å². The van der Waals surface area contributed by atoms with E-state index in [0.29, 0.717) is 16.7 Å². The van der Waals surface area contributed by atoms with E-state index in [1.165, 1.54) is 16.7 Å². The zero-order chi connectivity index (χ0) is 21.3. The van der Waals surface area contributed by atoms with E-state index in [-0.39, 0.29) is 23.0 Å². The predicted octanol–water partition coefficient (Wildman–Crippen LogP) is 4.84. The number of ether oxygens (including phenoxy) is 1. The number of hydrogen-bond acceptors (Lipinski definition) is 5. The molecule has 29 heavy (non-hydrogen) atoms. The Bertz CT molecular complexity index is 1100. The van der Waals surface area contributed by atoms with Gasteiger partial charge >= 0.3 is 12.1 Å². The standard InChI is InChI=1S/C20H19F2N3O4/c1-11-13(6-5-7-14(11)21)12-8-9-15-23-17(24-19(27)28-20(2,3)4)16(18(26)29-22)25(15)10-12/h5-10H,1-4H3,(H,24,27). The lowest BCUT2D eigenvalue weighted by atomic mass is 10.0. The van der Waals surface area contributed by atoms with E-state index in [4.69, 9.17) is 4.74 Å². The van der Waals surface area contributed by atoms with E-state index < -0.39 is 17.7 Å². The summed E-state index contributed by atoms with van der Waals surface area (Å²) in [6.45, 7) is 6.62. The van der Waals surface area contributed by atoms with Gasteiger partial charge in [0.15, 0.2) is 11.5 Å². The number of aromatic nitrogens is 2. The van der Waals surface area contributed by atoms with Gasteiger partial charge in [-0.25, -0.2) is 23.9 Å². The lowest BCUT2D eigenvalue weighted by Gasteiger charge is -2.19. The summed E-state index contributed by atoms with van der Waals surface area (Å²) in [6.07, 6.45) is 0.617. The van der Waals surface area contributed by atoms with Crippen LogP contribution in [0.1, 0.15) is 36.8 Å². The number of pyridine rings is 1. The number of benzene rings is 1. The quantitative estimate of drug-likeness (QED) is 0.677. The number of carbonyl (C=O) groups is 2. The minimum Gasteiger partial charge on any atom is -0.444 e. The van der Waals surface area contributed by atoms with Crippen LogP contribution in [-0.2, 0) is 9.68 Å². The number of halogens is 2. The van der Waals surface area contributed by atoms with Gasteiger partial charge in [-0.15, -0.1) is 0 Å². The number of anilines is 1. The van der Waals surface area contributed by atoms with E-state index in [9.17, 15) is 18.5 Å². The van der Waals surface area contributed by atoms with Crippen molar-refractivity contribution in [1.29, 1.82) is 0 Å². The van der Waals surface area contributed by atoms with E-state index >= 15 is 0 Å². The summed E-state index contributed by atoms with van der Waals surface area (Å²) in [4.78, 5) is 31.6. The molecule has 0 aliphatic carbocycles. The maximum atomic E-state index is 13.9. The molecule has 0 spiro atoms. The molecule has 3 rings (SSSR count). The fourth-order valence-electron chi connectivity index (χ4n) is 2.84. The van der Waals surface area contributed by atoms with Gasteiger partial charge in [0.05, 0.1) is 0 Å². The molecule has 2 heterocycles. The average Bonchev–Trinajstić information content (AvgIpc) is 2.98. The Morgan fingerprint density at radius 2 is 1.90 bits per heavy atom. The highest BCUT2D eigenvalue weighted by atomic mass is 19.3. The highest BCUT2D eigenvalue weighted by Gasteiger charge is 2.25. The normalized spacial score (nSPS) is 11.4. The van der Waals surface area contributed by atoms with Gasteiger partial charge in [0.25, 0.3) is 0 Å². The van der Waals surface area contributed by atoms with Crippen LogP contribution in [0.15, 0.2) is 36.5 Å². The molecule has 0 radical (unpaired) electrons. The molecule has 1 N–H and O–H groups in total. The number of fused-ring (bicyclic) bond motifs is 1. The number of hydrogen-bond donors (Lipinski definition) is 1. The van der Waals surface area contributed by atoms with Crippen LogP contribution in [0, 0.1) is 12.7 Å². The minimum atomic E-state index is -1.35. The monoisotopic (exact) mass is 403 g/mol. The van der Waals surface area contributed by atoms with Crippen LogP contribution in [-0.4, -0.2) is 27.0 Å². The molecule has 9 heteroatoms. The Hall–Kier alpha value is -3.49. The Morgan fingerprint density at radius 3 is 2.55 bits per heavy atom. The van der Waals surface area contributed by atoms with Crippen LogP contribution >= 0.6 is 0 Å². The summed E-state index contributed by atoms with van der Waals surface area (Å²) in [5, 5.41) is 2.33. The highest BCUT2D eigenvalue weighted by molar-refractivity contribution is 5.98. The van der Waals surface area contributed by atoms with Gasteiger partial charge in [0.2, 0.25) is 0 Å². The molecule has 0 saturated carbocycles. The summed E-state index contributed by atoms with van der Waals surface area (Å²) in [6, 6.07) is 7.83. The fourth-order valence-corrected chi connectivity index (χ4v) is 2.84. The second kappa shape index (κ2) is 7.50. The molecule has 2 aromatic heterocycles. The van der Waals surface area contributed by atoms with Crippen molar-refractivity contribution in [1.82, 2.24) is 9.38 Å². The first-order valence-corrected chi connectivity index (χ1v) is 8.71. The summed E-state index contributed by atoms with van der Waals surface area (Å²) in [5.41, 5.74) is 0.671. The van der Waals surface area contributed by atoms with Gasteiger partial charge in [0, 0.05) is 10.7 Å². The predicted molar refractivity (Wildman–Crippen MR) is 102 cm³/mol. The summed E-state index contributed by atoms with van der Waals surface area (Å²) in [7, 11) is 0. The summed E-state index contributed by atoms with van der Waals surface area (Å²) < 4.78 is 33.0. The molecule has 152 valence electrons.